The molecule has 0 radical (unpaired) electrons. The molecule has 4 saturated carbocycles. The van der Waals surface area contributed by atoms with Gasteiger partial charge in [0.2, 0.25) is 0 Å². The second-order valence-electron chi connectivity index (χ2n) is 11.1. The van der Waals surface area contributed by atoms with E-state index in [9.17, 15) is 4.79 Å². The predicted molar refractivity (Wildman–Crippen MR) is 146 cm³/mol. The summed E-state index contributed by atoms with van der Waals surface area (Å²) in [7, 11) is -1.66. The van der Waals surface area contributed by atoms with Crippen LogP contribution in [0, 0.1) is 23.7 Å². The van der Waals surface area contributed by atoms with Gasteiger partial charge in [0.25, 0.3) is 0 Å². The summed E-state index contributed by atoms with van der Waals surface area (Å²) in [5, 5.41) is 0. The molecule has 7 rings (SSSR count). The number of benzene rings is 3. The molecule has 186 valence electrons. The van der Waals surface area contributed by atoms with Crippen LogP contribution in [0.4, 0.5) is 0 Å². The first kappa shape index (κ1) is 23.5. The number of rotatable bonds is 7. The van der Waals surface area contributed by atoms with Crippen LogP contribution in [0.25, 0.3) is 0 Å². The van der Waals surface area contributed by atoms with Crippen molar-refractivity contribution in [2.45, 2.75) is 59.3 Å². The number of hydrogen-bond donors (Lipinski definition) is 0. The highest BCUT2D eigenvalue weighted by molar-refractivity contribution is 8.11. The summed E-state index contributed by atoms with van der Waals surface area (Å²) >= 11 is 0. The van der Waals surface area contributed by atoms with Gasteiger partial charge in [-0.1, -0.05) is 36.4 Å². The lowest BCUT2D eigenvalue weighted by Crippen LogP contribution is -2.58. The van der Waals surface area contributed by atoms with Gasteiger partial charge in [-0.2, -0.15) is 0 Å². The third-order valence-corrected chi connectivity index (χ3v) is 12.2. The molecule has 0 spiro atoms. The van der Waals surface area contributed by atoms with Crippen LogP contribution in [0.1, 0.15) is 39.0 Å². The summed E-state index contributed by atoms with van der Waals surface area (Å²) in [5.74, 6) is 7.92. The van der Waals surface area contributed by atoms with Crippen molar-refractivity contribution in [1.29, 1.82) is 0 Å². The van der Waals surface area contributed by atoms with Gasteiger partial charge in [-0.3, -0.25) is 0 Å². The molecular formula is C32H35O3S+. The van der Waals surface area contributed by atoms with Crippen molar-refractivity contribution in [1.82, 2.24) is 0 Å². The first-order valence-corrected chi connectivity index (χ1v) is 15.0. The van der Waals surface area contributed by atoms with Crippen LogP contribution in [-0.4, -0.2) is 24.0 Å². The Morgan fingerprint density at radius 2 is 1.25 bits per heavy atom. The number of carbonyl (C=O) groups excluding carboxylic acids is 1. The molecule has 0 heterocycles. The van der Waals surface area contributed by atoms with Crippen LogP contribution in [-0.2, 0) is 19.1 Å². The molecule has 0 amide bonds. The number of hydrogen-bond acceptors (Lipinski definition) is 3. The van der Waals surface area contributed by atoms with Crippen LogP contribution >= 0.6 is 0 Å². The molecule has 4 bridgehead atoms. The van der Waals surface area contributed by atoms with Crippen LogP contribution in [0.2, 0.25) is 0 Å². The standard InChI is InChI=1S/C32H35O3S/c1-32(25-18-23-17-24(20-25)21-26(32)19-23)35-31(33)22-34-27-13-15-30(16-14-27)36(2,28-9-5-3-6-10-28)29-11-7-4-8-12-29/h3-16,23-26H,2,17-22H2,1H3/q+1. The maximum absolute atomic E-state index is 12.9. The third-order valence-electron chi connectivity index (χ3n) is 8.97. The summed E-state index contributed by atoms with van der Waals surface area (Å²) in [6.07, 6.45) is 6.27. The monoisotopic (exact) mass is 499 g/mol. The van der Waals surface area contributed by atoms with Crippen molar-refractivity contribution in [3.8, 4) is 5.75 Å². The lowest BCUT2D eigenvalue weighted by atomic mass is 9.50. The minimum absolute atomic E-state index is 0.0546. The van der Waals surface area contributed by atoms with Gasteiger partial charge in [-0.05, 0) is 121 Å². The fourth-order valence-corrected chi connectivity index (χ4v) is 9.85. The van der Waals surface area contributed by atoms with Gasteiger partial charge in [0, 0.05) is 0 Å². The highest BCUT2D eigenvalue weighted by Crippen LogP contribution is 2.59. The molecule has 4 fully saturated rings. The van der Waals surface area contributed by atoms with E-state index in [0.717, 1.165) is 16.7 Å². The summed E-state index contributed by atoms with van der Waals surface area (Å²) in [6, 6.07) is 29.0. The molecule has 3 aromatic rings. The Morgan fingerprint density at radius 1 is 0.778 bits per heavy atom. The van der Waals surface area contributed by atoms with Crippen molar-refractivity contribution in [3.63, 3.8) is 0 Å². The highest BCUT2D eigenvalue weighted by atomic mass is 32.2. The van der Waals surface area contributed by atoms with Gasteiger partial charge in [-0.15, -0.1) is 0 Å². The van der Waals surface area contributed by atoms with E-state index in [1.54, 1.807) is 0 Å². The van der Waals surface area contributed by atoms with Gasteiger partial charge in [0.15, 0.2) is 6.61 Å². The summed E-state index contributed by atoms with van der Waals surface area (Å²) in [6.45, 7) is 2.12. The maximum atomic E-state index is 12.9. The van der Waals surface area contributed by atoms with Crippen molar-refractivity contribution < 1.29 is 14.3 Å². The van der Waals surface area contributed by atoms with Gasteiger partial charge in [0.05, 0.1) is 5.87 Å². The number of esters is 1. The average Bonchev–Trinajstić information content (AvgIpc) is 2.91. The normalized spacial score (nSPS) is 28.6. The third kappa shape index (κ3) is 4.10. The molecule has 0 unspecified atom stereocenters. The molecule has 0 aliphatic heterocycles. The lowest BCUT2D eigenvalue weighted by Gasteiger charge is -2.59. The van der Waals surface area contributed by atoms with E-state index in [1.165, 1.54) is 41.9 Å². The molecule has 0 N–H and O–H groups in total. The van der Waals surface area contributed by atoms with Gasteiger partial charge in [-0.25, -0.2) is 4.79 Å². The van der Waals surface area contributed by atoms with Crippen molar-refractivity contribution in [2.24, 2.45) is 23.7 Å². The number of carbonyl (C=O) groups is 1. The minimum atomic E-state index is -1.66. The van der Waals surface area contributed by atoms with E-state index >= 15 is 0 Å². The molecule has 0 atom stereocenters. The number of ether oxygens (including phenoxy) is 2. The highest BCUT2D eigenvalue weighted by Gasteiger charge is 2.57. The van der Waals surface area contributed by atoms with Gasteiger partial charge in [0.1, 0.15) is 26.0 Å². The Labute approximate surface area is 215 Å². The minimum Gasteiger partial charge on any atom is -0.482 e. The Morgan fingerprint density at radius 3 is 1.75 bits per heavy atom. The van der Waals surface area contributed by atoms with E-state index in [1.807, 2.05) is 24.3 Å². The fraction of sp³-hybridized carbons (Fsp3) is 0.375. The van der Waals surface area contributed by atoms with Gasteiger partial charge >= 0.3 is 5.97 Å². The summed E-state index contributed by atoms with van der Waals surface area (Å²) < 4.78 is 12.1. The molecule has 3 aromatic carbocycles. The van der Waals surface area contributed by atoms with E-state index in [-0.39, 0.29) is 18.2 Å². The van der Waals surface area contributed by atoms with E-state index in [2.05, 4.69) is 67.6 Å². The molecule has 0 saturated heterocycles. The SMILES string of the molecule is C=[S+](c1ccccc1)(c1ccccc1)c1ccc(OCC(=O)OC2(C)C3CC4CC(C3)CC2C4)cc1. The van der Waals surface area contributed by atoms with E-state index in [4.69, 9.17) is 15.3 Å². The second kappa shape index (κ2) is 9.23. The Balaban J connectivity index is 1.15. The molecule has 4 aliphatic carbocycles. The van der Waals surface area contributed by atoms with Crippen LogP contribution in [0.5, 0.6) is 5.75 Å². The smallest absolute Gasteiger partial charge is 0.344 e. The second-order valence-corrected chi connectivity index (χ2v) is 14.0. The maximum Gasteiger partial charge on any atom is 0.344 e. The topological polar surface area (TPSA) is 35.5 Å². The largest absolute Gasteiger partial charge is 0.482 e. The first-order valence-electron chi connectivity index (χ1n) is 13.2. The van der Waals surface area contributed by atoms with E-state index in [0.29, 0.717) is 17.6 Å². The zero-order chi connectivity index (χ0) is 24.8. The van der Waals surface area contributed by atoms with Crippen molar-refractivity contribution in [2.75, 3.05) is 6.61 Å². The molecule has 0 aromatic heterocycles. The average molecular weight is 500 g/mol. The van der Waals surface area contributed by atoms with Crippen molar-refractivity contribution in [3.05, 3.63) is 84.9 Å². The summed E-state index contributed by atoms with van der Waals surface area (Å²) in [4.78, 5) is 16.4. The first-order chi connectivity index (χ1) is 17.4. The quantitative estimate of drug-likeness (QED) is 0.202. The Bertz CT molecular complexity index is 1190. The fourth-order valence-electron chi connectivity index (χ4n) is 7.19. The van der Waals surface area contributed by atoms with Gasteiger partial charge < -0.3 is 9.47 Å². The molecule has 4 heteroatoms. The Hall–Kier alpha value is -2.85. The zero-order valence-corrected chi connectivity index (χ0v) is 21.8. The molecule has 4 aliphatic rings. The van der Waals surface area contributed by atoms with Crippen molar-refractivity contribution >= 4 is 21.5 Å². The van der Waals surface area contributed by atoms with Crippen LogP contribution in [0.3, 0.4) is 0 Å². The predicted octanol–water partition coefficient (Wildman–Crippen LogP) is 6.89. The molecular weight excluding hydrogens is 464 g/mol. The Kier molecular flexibility index (Phi) is 6.03. The summed E-state index contributed by atoms with van der Waals surface area (Å²) in [5.41, 5.74) is -0.320. The zero-order valence-electron chi connectivity index (χ0n) is 21.0. The lowest BCUT2D eigenvalue weighted by molar-refractivity contribution is -0.204. The van der Waals surface area contributed by atoms with E-state index < -0.39 is 9.62 Å². The molecule has 36 heavy (non-hydrogen) atoms. The van der Waals surface area contributed by atoms with Crippen LogP contribution in [0.15, 0.2) is 99.6 Å². The molecule has 3 nitrogen and oxygen atoms in total. The van der Waals surface area contributed by atoms with Crippen LogP contribution < -0.4 is 4.74 Å².